The number of nitrogens with zero attached hydrogens (tertiary/aromatic N) is 2. The van der Waals surface area contributed by atoms with Gasteiger partial charge in [-0.05, 0) is 66.0 Å². The molecule has 2 atom stereocenters. The van der Waals surface area contributed by atoms with Crippen LogP contribution in [0.15, 0.2) is 59.3 Å². The van der Waals surface area contributed by atoms with Gasteiger partial charge in [0.05, 0.1) is 29.4 Å². The van der Waals surface area contributed by atoms with E-state index in [1.165, 1.54) is 6.07 Å². The van der Waals surface area contributed by atoms with Crippen LogP contribution in [-0.4, -0.2) is 53.3 Å². The lowest BCUT2D eigenvalue weighted by atomic mass is 9.94. The van der Waals surface area contributed by atoms with E-state index in [-0.39, 0.29) is 17.4 Å². The molecule has 0 unspecified atom stereocenters. The third-order valence-electron chi connectivity index (χ3n) is 7.64. The highest BCUT2D eigenvalue weighted by molar-refractivity contribution is 6.01. The molecular formula is C28H25F2N5O2. The summed E-state index contributed by atoms with van der Waals surface area (Å²) in [5.41, 5.74) is 5.13. The highest BCUT2D eigenvalue weighted by atomic mass is 19.1. The number of rotatable bonds is 3. The molecule has 1 aliphatic carbocycles. The number of allylic oxidation sites excluding steroid dienone is 4. The molecule has 2 saturated heterocycles. The van der Waals surface area contributed by atoms with Crippen molar-refractivity contribution in [2.75, 3.05) is 31.1 Å². The number of piperidine rings is 1. The Kier molecular flexibility index (Phi) is 5.23. The Hall–Kier alpha value is -3.82. The molecule has 9 heteroatoms. The summed E-state index contributed by atoms with van der Waals surface area (Å²) >= 11 is 0. The highest BCUT2D eigenvalue weighted by Crippen LogP contribution is 2.41. The molecule has 2 aliphatic heterocycles. The second-order valence-corrected chi connectivity index (χ2v) is 9.88. The number of halogens is 2. The number of hydrogen-bond donors (Lipinski definition) is 3. The summed E-state index contributed by atoms with van der Waals surface area (Å²) in [5.74, 6) is -0.739. The monoisotopic (exact) mass is 501 g/mol. The van der Waals surface area contributed by atoms with E-state index in [1.807, 2.05) is 24.4 Å². The van der Waals surface area contributed by atoms with Gasteiger partial charge in [0, 0.05) is 42.8 Å². The molecule has 7 nitrogen and oxygen atoms in total. The molecule has 0 bridgehead atoms. The third kappa shape index (κ3) is 3.86. The summed E-state index contributed by atoms with van der Waals surface area (Å²) in [6, 6.07) is 9.35. The van der Waals surface area contributed by atoms with Crippen molar-refractivity contribution < 1.29 is 13.5 Å². The van der Waals surface area contributed by atoms with E-state index in [1.54, 1.807) is 18.2 Å². The summed E-state index contributed by atoms with van der Waals surface area (Å²) in [6.45, 7) is 3.07. The summed E-state index contributed by atoms with van der Waals surface area (Å²) < 4.78 is 35.0. The number of nitrogens with one attached hydrogen (secondary N) is 3. The maximum atomic E-state index is 14.8. The van der Waals surface area contributed by atoms with E-state index in [9.17, 15) is 13.6 Å². The molecule has 7 rings (SSSR count). The first-order valence-electron chi connectivity index (χ1n) is 12.5. The van der Waals surface area contributed by atoms with Crippen molar-refractivity contribution in [2.45, 2.75) is 25.0 Å². The maximum absolute atomic E-state index is 14.8. The average Bonchev–Trinajstić information content (AvgIpc) is 3.52. The molecule has 188 valence electrons. The highest BCUT2D eigenvalue weighted by Gasteiger charge is 2.34. The van der Waals surface area contributed by atoms with Crippen LogP contribution < -0.4 is 15.9 Å². The number of aromatic amines is 2. The van der Waals surface area contributed by atoms with Crippen molar-refractivity contribution >= 4 is 33.2 Å². The number of aromatic nitrogens is 3. The Labute approximate surface area is 210 Å². The van der Waals surface area contributed by atoms with E-state index in [0.717, 1.165) is 52.8 Å². The minimum atomic E-state index is -0.500. The Morgan fingerprint density at radius 1 is 1.11 bits per heavy atom. The topological polar surface area (TPSA) is 86.0 Å². The van der Waals surface area contributed by atoms with Gasteiger partial charge in [-0.25, -0.2) is 13.6 Å². The molecule has 0 amide bonds. The Bertz CT molecular complexity index is 1670. The second-order valence-electron chi connectivity index (χ2n) is 9.88. The van der Waals surface area contributed by atoms with Crippen LogP contribution in [0.3, 0.4) is 0 Å². The Balaban J connectivity index is 1.39. The van der Waals surface area contributed by atoms with Gasteiger partial charge in [-0.1, -0.05) is 6.07 Å². The van der Waals surface area contributed by atoms with Gasteiger partial charge in [0.1, 0.15) is 17.2 Å². The smallest absolute Gasteiger partial charge is 0.323 e. The number of morpholine rings is 1. The summed E-state index contributed by atoms with van der Waals surface area (Å²) in [7, 11) is 0. The van der Waals surface area contributed by atoms with Gasteiger partial charge in [0.2, 0.25) is 0 Å². The number of anilines is 1. The van der Waals surface area contributed by atoms with E-state index in [0.29, 0.717) is 36.7 Å². The maximum Gasteiger partial charge on any atom is 0.323 e. The van der Waals surface area contributed by atoms with E-state index in [2.05, 4.69) is 20.2 Å². The SMILES string of the molecule is O=c1[nH]c2cc(-c3ccc4ncc(C5=CC(F)=CC5)c(N5CC[C@H]6NCCO[C@@H]6C5)c4c3)cc(F)c2[nH]1. The van der Waals surface area contributed by atoms with Crippen LogP contribution in [0.5, 0.6) is 0 Å². The van der Waals surface area contributed by atoms with Crippen molar-refractivity contribution in [2.24, 2.45) is 0 Å². The molecule has 2 fully saturated rings. The van der Waals surface area contributed by atoms with Crippen molar-refractivity contribution in [3.8, 4) is 11.1 Å². The number of H-pyrrole nitrogens is 2. The first-order valence-corrected chi connectivity index (χ1v) is 12.5. The fourth-order valence-electron chi connectivity index (χ4n) is 5.86. The van der Waals surface area contributed by atoms with Crippen LogP contribution in [0.4, 0.5) is 14.5 Å². The van der Waals surface area contributed by atoms with E-state index in [4.69, 9.17) is 9.72 Å². The molecule has 0 spiro atoms. The van der Waals surface area contributed by atoms with Crippen molar-refractivity contribution in [1.29, 1.82) is 0 Å². The van der Waals surface area contributed by atoms with Gasteiger partial charge in [-0.15, -0.1) is 0 Å². The van der Waals surface area contributed by atoms with Gasteiger partial charge in [-0.3, -0.25) is 4.98 Å². The van der Waals surface area contributed by atoms with Crippen LogP contribution in [0, 0.1) is 5.82 Å². The minimum absolute atomic E-state index is 0.0658. The lowest BCUT2D eigenvalue weighted by Crippen LogP contribution is -2.57. The van der Waals surface area contributed by atoms with Gasteiger partial charge in [0.15, 0.2) is 0 Å². The lowest BCUT2D eigenvalue weighted by Gasteiger charge is -2.43. The minimum Gasteiger partial charge on any atom is -0.373 e. The molecule has 37 heavy (non-hydrogen) atoms. The Morgan fingerprint density at radius 2 is 2.03 bits per heavy atom. The molecular weight excluding hydrogens is 476 g/mol. The summed E-state index contributed by atoms with van der Waals surface area (Å²) in [4.78, 5) is 23.9. The fraction of sp³-hybridized carbons (Fsp3) is 0.286. The van der Waals surface area contributed by atoms with Crippen LogP contribution in [0.1, 0.15) is 18.4 Å². The zero-order chi connectivity index (χ0) is 25.1. The normalized spacial score (nSPS) is 21.8. The standard InChI is InChI=1S/C28H25F2N5O2/c29-18-3-1-16(9-18)20-13-32-22-4-2-15(17-11-21(30)26-24(12-17)33-28(36)34-26)10-19(22)27(20)35-7-5-23-25(14-35)37-8-6-31-23/h2-4,9-13,23,25,31H,1,5-8,14H2,(H2,33,34,36)/t23-,25-/m1/s1. The number of fused-ring (bicyclic) bond motifs is 3. The number of hydrogen-bond acceptors (Lipinski definition) is 5. The van der Waals surface area contributed by atoms with Gasteiger partial charge < -0.3 is 24.9 Å². The number of ether oxygens (including phenoxy) is 1. The van der Waals surface area contributed by atoms with Gasteiger partial charge in [-0.2, -0.15) is 0 Å². The molecule has 2 aromatic heterocycles. The van der Waals surface area contributed by atoms with Crippen LogP contribution in [-0.2, 0) is 4.74 Å². The molecule has 0 saturated carbocycles. The quantitative estimate of drug-likeness (QED) is 0.387. The third-order valence-corrected chi connectivity index (χ3v) is 7.64. The van der Waals surface area contributed by atoms with E-state index < -0.39 is 11.5 Å². The van der Waals surface area contributed by atoms with E-state index >= 15 is 0 Å². The van der Waals surface area contributed by atoms with Crippen LogP contribution in [0.2, 0.25) is 0 Å². The van der Waals surface area contributed by atoms with Crippen LogP contribution >= 0.6 is 0 Å². The molecule has 3 aliphatic rings. The summed E-state index contributed by atoms with van der Waals surface area (Å²) in [6.07, 6.45) is 6.49. The Morgan fingerprint density at radius 3 is 2.89 bits per heavy atom. The molecule has 3 N–H and O–H groups in total. The lowest BCUT2D eigenvalue weighted by molar-refractivity contribution is -0.00899. The number of benzene rings is 2. The number of pyridine rings is 1. The second kappa shape index (κ2) is 8.64. The largest absolute Gasteiger partial charge is 0.373 e. The van der Waals surface area contributed by atoms with Crippen LogP contribution in [0.25, 0.3) is 38.6 Å². The average molecular weight is 502 g/mol. The van der Waals surface area contributed by atoms with Crippen molar-refractivity contribution in [1.82, 2.24) is 20.3 Å². The van der Waals surface area contributed by atoms with Gasteiger partial charge in [0.25, 0.3) is 0 Å². The number of imidazole rings is 1. The predicted molar refractivity (Wildman–Crippen MR) is 140 cm³/mol. The first kappa shape index (κ1) is 22.4. The molecule has 4 heterocycles. The summed E-state index contributed by atoms with van der Waals surface area (Å²) in [5, 5.41) is 4.47. The molecule has 2 aromatic carbocycles. The molecule has 4 aromatic rings. The van der Waals surface area contributed by atoms with Crippen molar-refractivity contribution in [3.63, 3.8) is 0 Å². The molecule has 0 radical (unpaired) electrons. The first-order chi connectivity index (χ1) is 18.0. The zero-order valence-electron chi connectivity index (χ0n) is 20.0. The predicted octanol–water partition coefficient (Wildman–Crippen LogP) is 4.42. The van der Waals surface area contributed by atoms with Gasteiger partial charge >= 0.3 is 5.69 Å². The zero-order valence-corrected chi connectivity index (χ0v) is 20.0. The van der Waals surface area contributed by atoms with Crippen molar-refractivity contribution in [3.05, 3.63) is 76.4 Å². The fourth-order valence-corrected chi connectivity index (χ4v) is 5.86.